The lowest BCUT2D eigenvalue weighted by Gasteiger charge is -2.11. The molecule has 1 saturated heterocycles. The molecule has 1 fully saturated rings. The van der Waals surface area contributed by atoms with Crippen LogP contribution in [0.3, 0.4) is 0 Å². The van der Waals surface area contributed by atoms with Crippen LogP contribution in [0.2, 0.25) is 0 Å². The number of nitrogens with zero attached hydrogens (tertiary/aromatic N) is 2. The first kappa shape index (κ1) is 2.70. The fraction of sp³-hybridized carbons (Fsp3) is 0.571. The van der Waals surface area contributed by atoms with Crippen LogP contribution < -0.4 is 4.90 Å². The van der Waals surface area contributed by atoms with Gasteiger partial charge in [-0.15, -0.1) is 11.3 Å². The fourth-order valence-electron chi connectivity index (χ4n) is 0.639. The molecule has 4 heteroatoms. The van der Waals surface area contributed by atoms with Gasteiger partial charge >= 0.3 is 0 Å². The van der Waals surface area contributed by atoms with E-state index < -0.39 is 25.7 Å². The average molecular weight is 241 g/mol. The molecule has 2 rings (SSSR count). The standard InChI is InChI=1S/C7H9BrN2S/c8-6-5-11-7(9-6)10-3-1-2-4-10/h5H,1-4H2/i1D2,2D2,3D2,4D2. The van der Waals surface area contributed by atoms with Crippen molar-refractivity contribution in [2.24, 2.45) is 0 Å². The Morgan fingerprint density at radius 2 is 2.36 bits per heavy atom. The summed E-state index contributed by atoms with van der Waals surface area (Å²) in [4.78, 5) is 4.30. The van der Waals surface area contributed by atoms with Gasteiger partial charge < -0.3 is 4.90 Å². The third kappa shape index (κ3) is 1.56. The molecule has 0 amide bonds. The molecule has 0 N–H and O–H groups in total. The van der Waals surface area contributed by atoms with Crippen molar-refractivity contribution < 1.29 is 11.0 Å². The van der Waals surface area contributed by atoms with Gasteiger partial charge in [0.1, 0.15) is 4.60 Å². The van der Waals surface area contributed by atoms with E-state index in [0.717, 1.165) is 11.3 Å². The summed E-state index contributed by atoms with van der Waals surface area (Å²) in [7, 11) is 0. The van der Waals surface area contributed by atoms with E-state index in [4.69, 9.17) is 11.0 Å². The summed E-state index contributed by atoms with van der Waals surface area (Å²) in [5, 5.41) is 1.37. The van der Waals surface area contributed by atoms with Gasteiger partial charge in [0.15, 0.2) is 5.13 Å². The first-order valence-corrected chi connectivity index (χ1v) is 4.46. The Kier molecular flexibility index (Phi) is 0.764. The van der Waals surface area contributed by atoms with Gasteiger partial charge in [-0.25, -0.2) is 4.98 Å². The number of thiazole rings is 1. The minimum Gasteiger partial charge on any atom is -0.348 e. The maximum absolute atomic E-state index is 7.79. The van der Waals surface area contributed by atoms with Crippen molar-refractivity contribution in [2.45, 2.75) is 12.7 Å². The zero-order valence-corrected chi connectivity index (χ0v) is 7.66. The Labute approximate surface area is 89.6 Å². The van der Waals surface area contributed by atoms with Crippen LogP contribution in [-0.4, -0.2) is 18.0 Å². The van der Waals surface area contributed by atoms with Crippen molar-refractivity contribution in [3.8, 4) is 0 Å². The summed E-state index contributed by atoms with van der Waals surface area (Å²) >= 11 is 3.96. The van der Waals surface area contributed by atoms with Gasteiger partial charge in [0.05, 0.1) is 0 Å². The third-order valence-corrected chi connectivity index (χ3v) is 2.59. The fourth-order valence-corrected chi connectivity index (χ4v) is 1.81. The molecule has 2 nitrogen and oxygen atoms in total. The van der Waals surface area contributed by atoms with Gasteiger partial charge in [0, 0.05) is 29.3 Å². The number of aromatic nitrogens is 1. The molecule has 0 saturated carbocycles. The van der Waals surface area contributed by atoms with E-state index in [0.29, 0.717) is 9.50 Å². The summed E-state index contributed by atoms with van der Waals surface area (Å²) in [6.45, 7) is -5.73. The molecule has 60 valence electrons. The van der Waals surface area contributed by atoms with Gasteiger partial charge in [0.25, 0.3) is 0 Å². The zero-order chi connectivity index (χ0) is 14.9. The molecule has 0 bridgehead atoms. The SMILES string of the molecule is [2H]C1([2H])N(c2nc(Br)cs2)C([2H])([2H])C([2H])([2H])C1([2H])[2H]. The molecule has 2 heterocycles. The molecular formula is C7H9BrN2S. The maximum atomic E-state index is 7.79. The van der Waals surface area contributed by atoms with E-state index in [1.165, 1.54) is 5.38 Å². The van der Waals surface area contributed by atoms with Crippen molar-refractivity contribution in [3.63, 3.8) is 0 Å². The van der Waals surface area contributed by atoms with Crippen LogP contribution >= 0.6 is 27.3 Å². The molecule has 0 aliphatic carbocycles. The third-order valence-electron chi connectivity index (χ3n) is 1.05. The highest BCUT2D eigenvalue weighted by Gasteiger charge is 2.14. The van der Waals surface area contributed by atoms with Crippen LogP contribution in [0.1, 0.15) is 23.7 Å². The Balaban J connectivity index is 2.67. The number of hydrogen-bond acceptors (Lipinski definition) is 3. The van der Waals surface area contributed by atoms with Gasteiger partial charge in [-0.1, -0.05) is 0 Å². The molecule has 1 aliphatic rings. The van der Waals surface area contributed by atoms with Crippen molar-refractivity contribution in [1.29, 1.82) is 0 Å². The minimum absolute atomic E-state index is 0.118. The monoisotopic (exact) mass is 240 g/mol. The van der Waals surface area contributed by atoms with Crippen molar-refractivity contribution in [2.75, 3.05) is 17.9 Å². The molecule has 0 radical (unpaired) electrons. The second kappa shape index (κ2) is 3.11. The number of rotatable bonds is 1. The largest absolute Gasteiger partial charge is 0.348 e. The van der Waals surface area contributed by atoms with Crippen molar-refractivity contribution in [1.82, 2.24) is 4.98 Å². The first-order chi connectivity index (χ1) is 8.37. The van der Waals surface area contributed by atoms with Gasteiger partial charge in [-0.2, -0.15) is 0 Å². The van der Waals surface area contributed by atoms with Crippen LogP contribution in [-0.2, 0) is 0 Å². The van der Waals surface area contributed by atoms with E-state index >= 15 is 0 Å². The Bertz CT molecular complexity index is 489. The Hall–Kier alpha value is -0.0900. The summed E-state index contributed by atoms with van der Waals surface area (Å²) in [6, 6.07) is 0. The molecular weight excluding hydrogens is 224 g/mol. The van der Waals surface area contributed by atoms with E-state index in [1.54, 1.807) is 0 Å². The summed E-state index contributed by atoms with van der Waals surface area (Å²) in [5.74, 6) is 0. The van der Waals surface area contributed by atoms with Gasteiger partial charge in [-0.3, -0.25) is 0 Å². The summed E-state index contributed by atoms with van der Waals surface area (Å²) < 4.78 is 62.1. The topological polar surface area (TPSA) is 16.1 Å². The number of anilines is 1. The Morgan fingerprint density at radius 3 is 2.91 bits per heavy atom. The molecule has 1 aromatic rings. The second-order valence-electron chi connectivity index (χ2n) is 1.76. The molecule has 0 aromatic carbocycles. The lowest BCUT2D eigenvalue weighted by Crippen LogP contribution is -2.16. The van der Waals surface area contributed by atoms with E-state index in [1.807, 2.05) is 0 Å². The maximum Gasteiger partial charge on any atom is 0.186 e. The molecule has 1 aromatic heterocycles. The van der Waals surface area contributed by atoms with Crippen LogP contribution in [0.4, 0.5) is 5.13 Å². The molecule has 0 spiro atoms. The minimum atomic E-state index is -3.03. The van der Waals surface area contributed by atoms with Crippen molar-refractivity contribution in [3.05, 3.63) is 9.98 Å². The smallest absolute Gasteiger partial charge is 0.186 e. The highest BCUT2D eigenvalue weighted by Crippen LogP contribution is 2.26. The van der Waals surface area contributed by atoms with E-state index in [2.05, 4.69) is 20.9 Å². The first-order valence-electron chi connectivity index (χ1n) is 6.79. The highest BCUT2D eigenvalue weighted by atomic mass is 79.9. The lowest BCUT2D eigenvalue weighted by molar-refractivity contribution is 0.949. The van der Waals surface area contributed by atoms with Crippen LogP contribution in [0.25, 0.3) is 0 Å². The molecule has 11 heavy (non-hydrogen) atoms. The van der Waals surface area contributed by atoms with E-state index in [9.17, 15) is 0 Å². The number of hydrogen-bond donors (Lipinski definition) is 0. The molecule has 1 aliphatic heterocycles. The molecule has 0 atom stereocenters. The summed E-state index contributed by atoms with van der Waals surface area (Å²) in [6.07, 6.45) is -6.05. The highest BCUT2D eigenvalue weighted by molar-refractivity contribution is 9.10. The molecule has 0 unspecified atom stereocenters. The van der Waals surface area contributed by atoms with Gasteiger partial charge in [0.2, 0.25) is 0 Å². The quantitative estimate of drug-likeness (QED) is 0.751. The summed E-state index contributed by atoms with van der Waals surface area (Å²) in [5.41, 5.74) is 0. The Morgan fingerprint density at radius 1 is 1.64 bits per heavy atom. The van der Waals surface area contributed by atoms with Crippen LogP contribution in [0, 0.1) is 0 Å². The van der Waals surface area contributed by atoms with Gasteiger partial charge in [-0.05, 0) is 28.7 Å². The predicted octanol–water partition coefficient (Wildman–Crippen LogP) is 2.51. The van der Waals surface area contributed by atoms with Crippen molar-refractivity contribution >= 4 is 32.4 Å². The van der Waals surface area contributed by atoms with Crippen LogP contribution in [0.15, 0.2) is 9.98 Å². The van der Waals surface area contributed by atoms with Crippen LogP contribution in [0.5, 0.6) is 0 Å². The lowest BCUT2D eigenvalue weighted by atomic mass is 10.4. The number of halogens is 1. The second-order valence-corrected chi connectivity index (χ2v) is 3.41. The van der Waals surface area contributed by atoms with E-state index in [-0.39, 0.29) is 5.13 Å². The zero-order valence-electron chi connectivity index (χ0n) is 13.3. The average Bonchev–Trinajstić information content (AvgIpc) is 2.64. The normalized spacial score (nSPS) is 46.8. The predicted molar refractivity (Wildman–Crippen MR) is 51.3 cm³/mol.